The first-order valence-corrected chi connectivity index (χ1v) is 8.02. The van der Waals surface area contributed by atoms with Gasteiger partial charge in [-0.2, -0.15) is 0 Å². The lowest BCUT2D eigenvalue weighted by atomic mass is 10.0. The molecule has 5 nitrogen and oxygen atoms in total. The van der Waals surface area contributed by atoms with Crippen molar-refractivity contribution < 1.29 is 9.47 Å². The van der Waals surface area contributed by atoms with E-state index in [-0.39, 0.29) is 0 Å². The molecule has 1 heterocycles. The normalized spacial score (nSPS) is 14.8. The first-order chi connectivity index (χ1) is 10.8. The molecule has 0 fully saturated rings. The molecule has 1 aromatic rings. The number of nitrogens with one attached hydrogen (secondary N) is 1. The number of nitrogens with zero attached hydrogens (tertiary/aromatic N) is 2. The van der Waals surface area contributed by atoms with Crippen molar-refractivity contribution in [2.45, 2.75) is 19.9 Å². The van der Waals surface area contributed by atoms with Gasteiger partial charge in [0.25, 0.3) is 0 Å². The van der Waals surface area contributed by atoms with Crippen LogP contribution in [0, 0.1) is 0 Å². The topological polar surface area (TPSA) is 46.1 Å². The quantitative estimate of drug-likeness (QED) is 0.473. The second-order valence-corrected chi connectivity index (χ2v) is 5.28. The van der Waals surface area contributed by atoms with E-state index in [4.69, 9.17) is 9.47 Å². The smallest absolute Gasteiger partial charge is 0.194 e. The van der Waals surface area contributed by atoms with Crippen molar-refractivity contribution in [1.29, 1.82) is 0 Å². The van der Waals surface area contributed by atoms with Crippen molar-refractivity contribution in [1.82, 2.24) is 10.2 Å². The van der Waals surface area contributed by atoms with E-state index in [0.717, 1.165) is 32.0 Å². The van der Waals surface area contributed by atoms with Crippen molar-refractivity contribution in [3.63, 3.8) is 0 Å². The largest absolute Gasteiger partial charge is 0.382 e. The van der Waals surface area contributed by atoms with Crippen molar-refractivity contribution in [3.05, 3.63) is 35.4 Å². The number of ether oxygens (including phenoxy) is 2. The van der Waals surface area contributed by atoms with Crippen LogP contribution in [0.1, 0.15) is 18.1 Å². The van der Waals surface area contributed by atoms with Crippen LogP contribution in [0.5, 0.6) is 0 Å². The van der Waals surface area contributed by atoms with Crippen LogP contribution in [0.4, 0.5) is 0 Å². The molecular formula is C17H27N3O2. The molecule has 0 aliphatic carbocycles. The average Bonchev–Trinajstić information content (AvgIpc) is 2.56. The van der Waals surface area contributed by atoms with E-state index in [9.17, 15) is 0 Å². The van der Waals surface area contributed by atoms with Gasteiger partial charge in [-0.25, -0.2) is 0 Å². The highest BCUT2D eigenvalue weighted by atomic mass is 16.5. The summed E-state index contributed by atoms with van der Waals surface area (Å²) in [5, 5.41) is 3.38. The molecule has 1 aliphatic rings. The Morgan fingerprint density at radius 2 is 2.05 bits per heavy atom. The maximum atomic E-state index is 5.47. The fraction of sp³-hybridized carbons (Fsp3) is 0.588. The van der Waals surface area contributed by atoms with Gasteiger partial charge in [0.1, 0.15) is 0 Å². The van der Waals surface area contributed by atoms with Crippen LogP contribution in [-0.2, 0) is 22.4 Å². The number of guanidine groups is 1. The van der Waals surface area contributed by atoms with Crippen molar-refractivity contribution in [2.24, 2.45) is 4.99 Å². The number of methoxy groups -OCH3 is 1. The molecule has 122 valence electrons. The molecule has 1 N–H and O–H groups in total. The first-order valence-electron chi connectivity index (χ1n) is 8.02. The highest BCUT2D eigenvalue weighted by molar-refractivity contribution is 5.80. The third-order valence-corrected chi connectivity index (χ3v) is 3.69. The maximum Gasteiger partial charge on any atom is 0.194 e. The van der Waals surface area contributed by atoms with Crippen LogP contribution in [0.2, 0.25) is 0 Å². The van der Waals surface area contributed by atoms with E-state index in [1.54, 1.807) is 7.11 Å². The molecule has 0 amide bonds. The highest BCUT2D eigenvalue weighted by Gasteiger charge is 2.18. The molecule has 1 aliphatic heterocycles. The molecule has 0 radical (unpaired) electrons. The van der Waals surface area contributed by atoms with E-state index < -0.39 is 0 Å². The highest BCUT2D eigenvalue weighted by Crippen LogP contribution is 2.18. The Balaban J connectivity index is 1.88. The second kappa shape index (κ2) is 9.43. The fourth-order valence-electron chi connectivity index (χ4n) is 2.56. The lowest BCUT2D eigenvalue weighted by Crippen LogP contribution is -2.44. The summed E-state index contributed by atoms with van der Waals surface area (Å²) in [5.74, 6) is 0.979. The third kappa shape index (κ3) is 5.00. The van der Waals surface area contributed by atoms with E-state index in [0.29, 0.717) is 26.4 Å². The summed E-state index contributed by atoms with van der Waals surface area (Å²) in [4.78, 5) is 6.99. The van der Waals surface area contributed by atoms with Crippen LogP contribution >= 0.6 is 0 Å². The Hall–Kier alpha value is -1.59. The molecule has 2 rings (SSSR count). The zero-order chi connectivity index (χ0) is 15.6. The van der Waals surface area contributed by atoms with Crippen molar-refractivity contribution >= 4 is 5.96 Å². The molecule has 1 aromatic carbocycles. The van der Waals surface area contributed by atoms with Crippen LogP contribution in [0.3, 0.4) is 0 Å². The molecule has 0 saturated carbocycles. The molecule has 0 aromatic heterocycles. The van der Waals surface area contributed by atoms with Gasteiger partial charge in [0.05, 0.1) is 26.4 Å². The summed E-state index contributed by atoms with van der Waals surface area (Å²) in [6.45, 7) is 7.46. The van der Waals surface area contributed by atoms with Crippen molar-refractivity contribution in [2.75, 3.05) is 46.6 Å². The minimum atomic E-state index is 0.625. The van der Waals surface area contributed by atoms with E-state index in [2.05, 4.69) is 46.4 Å². The molecule has 0 saturated heterocycles. The second-order valence-electron chi connectivity index (χ2n) is 5.28. The number of rotatable bonds is 7. The summed E-state index contributed by atoms with van der Waals surface area (Å²) in [6.07, 6.45) is 1.07. The Labute approximate surface area is 133 Å². The Bertz CT molecular complexity index is 477. The van der Waals surface area contributed by atoms with Crippen LogP contribution < -0.4 is 5.32 Å². The van der Waals surface area contributed by atoms with Crippen LogP contribution in [0.15, 0.2) is 29.3 Å². The predicted molar refractivity (Wildman–Crippen MR) is 89.2 cm³/mol. The average molecular weight is 305 g/mol. The summed E-state index contributed by atoms with van der Waals surface area (Å²) < 4.78 is 10.4. The SMILES string of the molecule is CCNC(=NCCOCCOC)N1CCc2ccccc2C1. The molecule has 0 bridgehead atoms. The number of hydrogen-bond acceptors (Lipinski definition) is 3. The molecular weight excluding hydrogens is 278 g/mol. The minimum Gasteiger partial charge on any atom is -0.382 e. The van der Waals surface area contributed by atoms with Gasteiger partial charge in [-0.05, 0) is 24.5 Å². The molecule has 0 unspecified atom stereocenters. The van der Waals surface area contributed by atoms with Crippen LogP contribution in [0.25, 0.3) is 0 Å². The van der Waals surface area contributed by atoms with Gasteiger partial charge in [0, 0.05) is 26.7 Å². The van der Waals surface area contributed by atoms with Gasteiger partial charge in [0.15, 0.2) is 5.96 Å². The van der Waals surface area contributed by atoms with E-state index in [1.807, 2.05) is 0 Å². The number of aliphatic imine (C=N–C) groups is 1. The monoisotopic (exact) mass is 305 g/mol. The van der Waals surface area contributed by atoms with Gasteiger partial charge in [-0.3, -0.25) is 4.99 Å². The zero-order valence-corrected chi connectivity index (χ0v) is 13.7. The number of benzene rings is 1. The summed E-state index contributed by atoms with van der Waals surface area (Å²) in [5.41, 5.74) is 2.85. The van der Waals surface area contributed by atoms with Gasteiger partial charge < -0.3 is 19.7 Å². The Kier molecular flexibility index (Phi) is 7.19. The summed E-state index contributed by atoms with van der Waals surface area (Å²) in [7, 11) is 1.68. The fourth-order valence-corrected chi connectivity index (χ4v) is 2.56. The maximum absolute atomic E-state index is 5.47. The van der Waals surface area contributed by atoms with E-state index in [1.165, 1.54) is 11.1 Å². The molecule has 0 spiro atoms. The Morgan fingerprint density at radius 3 is 2.82 bits per heavy atom. The molecule has 5 heteroatoms. The van der Waals surface area contributed by atoms with Crippen molar-refractivity contribution in [3.8, 4) is 0 Å². The van der Waals surface area contributed by atoms with Crippen LogP contribution in [-0.4, -0.2) is 57.4 Å². The molecule has 22 heavy (non-hydrogen) atoms. The lowest BCUT2D eigenvalue weighted by Gasteiger charge is -2.31. The van der Waals surface area contributed by atoms with Gasteiger partial charge in [-0.1, -0.05) is 24.3 Å². The third-order valence-electron chi connectivity index (χ3n) is 3.69. The summed E-state index contributed by atoms with van der Waals surface area (Å²) >= 11 is 0. The standard InChI is InChI=1S/C17H27N3O2/c1-3-18-17(19-9-11-22-13-12-21-2)20-10-8-15-6-4-5-7-16(15)14-20/h4-7H,3,8-14H2,1-2H3,(H,18,19). The zero-order valence-electron chi connectivity index (χ0n) is 13.7. The minimum absolute atomic E-state index is 0.625. The number of hydrogen-bond donors (Lipinski definition) is 1. The Morgan fingerprint density at radius 1 is 1.23 bits per heavy atom. The first kappa shape index (κ1) is 16.8. The van der Waals surface area contributed by atoms with Gasteiger partial charge in [-0.15, -0.1) is 0 Å². The van der Waals surface area contributed by atoms with Gasteiger partial charge >= 0.3 is 0 Å². The lowest BCUT2D eigenvalue weighted by molar-refractivity contribution is 0.0747. The van der Waals surface area contributed by atoms with E-state index >= 15 is 0 Å². The predicted octanol–water partition coefficient (Wildman–Crippen LogP) is 1.67. The summed E-state index contributed by atoms with van der Waals surface area (Å²) in [6, 6.07) is 8.65. The van der Waals surface area contributed by atoms with Gasteiger partial charge in [0.2, 0.25) is 0 Å². The molecule has 0 atom stereocenters. The number of fused-ring (bicyclic) bond motifs is 1.